The minimum absolute atomic E-state index is 0.0771. The summed E-state index contributed by atoms with van der Waals surface area (Å²) in [7, 11) is 0. The van der Waals surface area contributed by atoms with Crippen molar-refractivity contribution in [2.24, 2.45) is 11.5 Å². The van der Waals surface area contributed by atoms with E-state index in [0.717, 1.165) is 0 Å². The van der Waals surface area contributed by atoms with Crippen LogP contribution in [0.2, 0.25) is 0 Å². The molecule has 0 saturated carbocycles. The molecule has 12 heteroatoms. The maximum absolute atomic E-state index is 11.6. The lowest BCUT2D eigenvalue weighted by Gasteiger charge is -2.16. The fraction of sp³-hybridized carbons (Fsp3) is 0.545. The Morgan fingerprint density at radius 2 is 1.61 bits per heavy atom. The van der Waals surface area contributed by atoms with Crippen molar-refractivity contribution in [1.29, 1.82) is 0 Å². The Balaban J connectivity index is 4.29. The molecule has 11 nitrogen and oxygen atoms in total. The number of hydrogen-bond acceptors (Lipinski definition) is 7. The summed E-state index contributed by atoms with van der Waals surface area (Å²) in [6, 6.07) is -2.25. The van der Waals surface area contributed by atoms with Gasteiger partial charge in [0.2, 0.25) is 23.6 Å². The molecule has 0 aliphatic carbocycles. The van der Waals surface area contributed by atoms with Crippen molar-refractivity contribution in [3.05, 3.63) is 0 Å². The van der Waals surface area contributed by atoms with Gasteiger partial charge in [0.05, 0.1) is 19.0 Å². The first-order chi connectivity index (χ1) is 10.7. The number of primary amides is 1. The minimum atomic E-state index is -1.24. The number of hydrogen-bond donors (Lipinski definition) is 7. The number of thiol groups is 1. The van der Waals surface area contributed by atoms with Gasteiger partial charge in [0, 0.05) is 5.75 Å². The summed E-state index contributed by atoms with van der Waals surface area (Å²) in [5.41, 5.74) is 10.3. The zero-order chi connectivity index (χ0) is 18.0. The molecular formula is C11H19N5O6S. The molecule has 130 valence electrons. The van der Waals surface area contributed by atoms with Crippen LogP contribution in [-0.4, -0.2) is 65.6 Å². The van der Waals surface area contributed by atoms with Gasteiger partial charge < -0.3 is 32.5 Å². The summed E-state index contributed by atoms with van der Waals surface area (Å²) in [5, 5.41) is 15.0. The first-order valence-corrected chi connectivity index (χ1v) is 7.02. The van der Waals surface area contributed by atoms with Crippen molar-refractivity contribution in [2.75, 3.05) is 18.8 Å². The van der Waals surface area contributed by atoms with E-state index in [4.69, 9.17) is 16.6 Å². The number of aliphatic carboxylic acids is 1. The molecule has 0 spiro atoms. The Hall–Kier alpha value is -2.34. The quantitative estimate of drug-likeness (QED) is 0.195. The van der Waals surface area contributed by atoms with Gasteiger partial charge in [-0.25, -0.2) is 0 Å². The number of rotatable bonds is 10. The Morgan fingerprint density at radius 1 is 1.04 bits per heavy atom. The van der Waals surface area contributed by atoms with Gasteiger partial charge in [-0.1, -0.05) is 0 Å². The summed E-state index contributed by atoms with van der Waals surface area (Å²) in [6.45, 7) is -1.08. The summed E-state index contributed by atoms with van der Waals surface area (Å²) in [6.07, 6.45) is -0.371. The molecule has 0 heterocycles. The fourth-order valence-corrected chi connectivity index (χ4v) is 1.59. The Bertz CT molecular complexity index is 486. The Morgan fingerprint density at radius 3 is 2.09 bits per heavy atom. The van der Waals surface area contributed by atoms with Crippen LogP contribution in [-0.2, 0) is 24.0 Å². The van der Waals surface area contributed by atoms with Crippen molar-refractivity contribution in [1.82, 2.24) is 16.0 Å². The van der Waals surface area contributed by atoms with E-state index in [-0.39, 0.29) is 12.2 Å². The molecule has 4 amide bonds. The molecule has 0 fully saturated rings. The van der Waals surface area contributed by atoms with E-state index in [1.165, 1.54) is 0 Å². The number of nitrogens with two attached hydrogens (primary N) is 2. The predicted octanol–water partition coefficient (Wildman–Crippen LogP) is -4.08. The highest BCUT2D eigenvalue weighted by Crippen LogP contribution is 1.90. The normalized spacial score (nSPS) is 12.6. The van der Waals surface area contributed by atoms with Crippen molar-refractivity contribution >= 4 is 42.2 Å². The number of carbonyl (C=O) groups excluding carboxylic acids is 4. The molecule has 0 aliphatic heterocycles. The van der Waals surface area contributed by atoms with E-state index in [2.05, 4.69) is 28.6 Å². The first-order valence-electron chi connectivity index (χ1n) is 6.38. The van der Waals surface area contributed by atoms with Crippen LogP contribution in [0.3, 0.4) is 0 Å². The van der Waals surface area contributed by atoms with Crippen LogP contribution in [0.1, 0.15) is 6.42 Å². The highest BCUT2D eigenvalue weighted by atomic mass is 32.1. The van der Waals surface area contributed by atoms with Crippen LogP contribution in [0, 0.1) is 0 Å². The number of nitrogens with one attached hydrogen (secondary N) is 3. The van der Waals surface area contributed by atoms with E-state index in [1.807, 2.05) is 0 Å². The molecule has 0 aromatic heterocycles. The van der Waals surface area contributed by atoms with E-state index in [0.29, 0.717) is 0 Å². The molecule has 8 N–H and O–H groups in total. The lowest BCUT2D eigenvalue weighted by atomic mass is 10.2. The molecule has 0 rings (SSSR count). The summed E-state index contributed by atoms with van der Waals surface area (Å²) >= 11 is 3.87. The Kier molecular flexibility index (Phi) is 9.34. The summed E-state index contributed by atoms with van der Waals surface area (Å²) < 4.78 is 0. The summed E-state index contributed by atoms with van der Waals surface area (Å²) in [4.78, 5) is 55.6. The molecular weight excluding hydrogens is 330 g/mol. The van der Waals surface area contributed by atoms with Crippen molar-refractivity contribution in [2.45, 2.75) is 18.5 Å². The standard InChI is InChI=1S/C11H19N5O6S/c12-5(1-7(13)17)10(21)14-2-8(18)16-6(4-23)11(22)15-3-9(19)20/h5-6,23H,1-4,12H2,(H2,13,17)(H,14,21)(H,15,22)(H,16,18)(H,19,20). The van der Waals surface area contributed by atoms with Gasteiger partial charge in [-0.05, 0) is 0 Å². The molecule has 2 unspecified atom stereocenters. The smallest absolute Gasteiger partial charge is 0.322 e. The van der Waals surface area contributed by atoms with Gasteiger partial charge in [0.1, 0.15) is 12.6 Å². The zero-order valence-corrected chi connectivity index (χ0v) is 13.0. The lowest BCUT2D eigenvalue weighted by molar-refractivity contribution is -0.138. The topological polar surface area (TPSA) is 194 Å². The van der Waals surface area contributed by atoms with Gasteiger partial charge in [-0.2, -0.15) is 12.6 Å². The van der Waals surface area contributed by atoms with Gasteiger partial charge in [0.25, 0.3) is 0 Å². The molecule has 0 radical (unpaired) electrons. The monoisotopic (exact) mass is 349 g/mol. The van der Waals surface area contributed by atoms with Crippen molar-refractivity contribution < 1.29 is 29.1 Å². The predicted molar refractivity (Wildman–Crippen MR) is 81.2 cm³/mol. The lowest BCUT2D eigenvalue weighted by Crippen LogP contribution is -2.52. The molecule has 0 bridgehead atoms. The third-order valence-electron chi connectivity index (χ3n) is 2.43. The number of carboxylic acid groups (broad SMARTS) is 1. The average molecular weight is 349 g/mol. The van der Waals surface area contributed by atoms with Gasteiger partial charge >= 0.3 is 5.97 Å². The van der Waals surface area contributed by atoms with E-state index < -0.39 is 54.8 Å². The highest BCUT2D eigenvalue weighted by Gasteiger charge is 2.21. The zero-order valence-electron chi connectivity index (χ0n) is 12.1. The Labute approximate surface area is 136 Å². The molecule has 0 aromatic rings. The molecule has 0 saturated heterocycles. The largest absolute Gasteiger partial charge is 0.480 e. The van der Waals surface area contributed by atoms with Gasteiger partial charge in [0.15, 0.2) is 0 Å². The van der Waals surface area contributed by atoms with Gasteiger partial charge in [-0.15, -0.1) is 0 Å². The maximum atomic E-state index is 11.6. The van der Waals surface area contributed by atoms with Gasteiger partial charge in [-0.3, -0.25) is 24.0 Å². The van der Waals surface area contributed by atoms with Crippen LogP contribution >= 0.6 is 12.6 Å². The number of carboxylic acids is 1. The third-order valence-corrected chi connectivity index (χ3v) is 2.79. The van der Waals surface area contributed by atoms with Crippen LogP contribution < -0.4 is 27.4 Å². The van der Waals surface area contributed by atoms with E-state index in [1.54, 1.807) is 0 Å². The fourth-order valence-electron chi connectivity index (χ4n) is 1.33. The second kappa shape index (κ2) is 10.4. The van der Waals surface area contributed by atoms with Crippen LogP contribution in [0.15, 0.2) is 0 Å². The van der Waals surface area contributed by atoms with E-state index >= 15 is 0 Å². The SMILES string of the molecule is NC(=O)CC(N)C(=O)NCC(=O)NC(CS)C(=O)NCC(=O)O. The van der Waals surface area contributed by atoms with E-state index in [9.17, 15) is 24.0 Å². The van der Waals surface area contributed by atoms with Crippen LogP contribution in [0.25, 0.3) is 0 Å². The second-order valence-electron chi connectivity index (χ2n) is 4.41. The summed E-state index contributed by atoms with van der Waals surface area (Å²) in [5.74, 6) is -4.27. The minimum Gasteiger partial charge on any atom is -0.480 e. The molecule has 23 heavy (non-hydrogen) atoms. The molecule has 0 aromatic carbocycles. The van der Waals surface area contributed by atoms with Crippen molar-refractivity contribution in [3.8, 4) is 0 Å². The average Bonchev–Trinajstić information content (AvgIpc) is 2.46. The number of carbonyl (C=O) groups is 5. The highest BCUT2D eigenvalue weighted by molar-refractivity contribution is 7.80. The maximum Gasteiger partial charge on any atom is 0.322 e. The van der Waals surface area contributed by atoms with Crippen LogP contribution in [0.5, 0.6) is 0 Å². The second-order valence-corrected chi connectivity index (χ2v) is 4.77. The van der Waals surface area contributed by atoms with Crippen LogP contribution in [0.4, 0.5) is 0 Å². The molecule has 2 atom stereocenters. The molecule has 0 aliphatic rings. The first kappa shape index (κ1) is 20.7. The number of amides is 4. The van der Waals surface area contributed by atoms with Crippen molar-refractivity contribution in [3.63, 3.8) is 0 Å². The third kappa shape index (κ3) is 9.31.